The molecule has 0 spiro atoms. The molecule has 0 saturated carbocycles. The van der Waals surface area contributed by atoms with E-state index in [4.69, 9.17) is 4.42 Å². The number of hydrogen-bond acceptors (Lipinski definition) is 6. The van der Waals surface area contributed by atoms with Crippen LogP contribution in [0.1, 0.15) is 16.1 Å². The van der Waals surface area contributed by atoms with Gasteiger partial charge >= 0.3 is 0 Å². The van der Waals surface area contributed by atoms with Crippen molar-refractivity contribution in [1.82, 2.24) is 20.1 Å². The zero-order valence-corrected chi connectivity index (χ0v) is 14.5. The number of carbonyl (C=O) groups is 2. The van der Waals surface area contributed by atoms with Crippen LogP contribution < -0.4 is 5.32 Å². The Morgan fingerprint density at radius 3 is 2.64 bits per heavy atom. The van der Waals surface area contributed by atoms with Crippen molar-refractivity contribution in [1.29, 1.82) is 0 Å². The third-order valence-electron chi connectivity index (χ3n) is 3.46. The van der Waals surface area contributed by atoms with Crippen molar-refractivity contribution >= 4 is 23.6 Å². The predicted octanol–water partition coefficient (Wildman–Crippen LogP) is 2.43. The Balaban J connectivity index is 1.55. The van der Waals surface area contributed by atoms with Gasteiger partial charge in [0.25, 0.3) is 11.1 Å². The lowest BCUT2D eigenvalue weighted by molar-refractivity contribution is -0.117. The maximum absolute atomic E-state index is 12.0. The molecule has 128 valence electrons. The highest BCUT2D eigenvalue weighted by Gasteiger charge is 2.15. The van der Waals surface area contributed by atoms with Crippen molar-refractivity contribution in [3.8, 4) is 11.5 Å². The molecule has 8 heteroatoms. The Hall–Kier alpha value is -2.87. The SMILES string of the molecule is Cc1ccc(-c2nnc(SCC(=O)NC(=O)c3cccn3C)o2)cc1. The van der Waals surface area contributed by atoms with Gasteiger partial charge in [-0.2, -0.15) is 0 Å². The molecule has 2 heterocycles. The van der Waals surface area contributed by atoms with Gasteiger partial charge in [-0.25, -0.2) is 0 Å². The Morgan fingerprint density at radius 2 is 1.96 bits per heavy atom. The van der Waals surface area contributed by atoms with Crippen LogP contribution in [0.15, 0.2) is 52.2 Å². The maximum Gasteiger partial charge on any atom is 0.277 e. The van der Waals surface area contributed by atoms with Crippen LogP contribution in [0.5, 0.6) is 0 Å². The van der Waals surface area contributed by atoms with Crippen LogP contribution in [0.3, 0.4) is 0 Å². The molecule has 0 aliphatic heterocycles. The Bertz CT molecular complexity index is 899. The molecule has 3 rings (SSSR count). The van der Waals surface area contributed by atoms with E-state index in [1.807, 2.05) is 31.2 Å². The number of thioether (sulfide) groups is 1. The van der Waals surface area contributed by atoms with Gasteiger partial charge in [0.15, 0.2) is 0 Å². The lowest BCUT2D eigenvalue weighted by Crippen LogP contribution is -2.32. The second kappa shape index (κ2) is 7.35. The second-order valence-corrected chi connectivity index (χ2v) is 6.34. The number of rotatable bonds is 5. The van der Waals surface area contributed by atoms with Gasteiger partial charge in [0.05, 0.1) is 5.75 Å². The highest BCUT2D eigenvalue weighted by molar-refractivity contribution is 7.99. The average molecular weight is 356 g/mol. The summed E-state index contributed by atoms with van der Waals surface area (Å²) in [5, 5.41) is 10.5. The number of nitrogens with zero attached hydrogens (tertiary/aromatic N) is 3. The van der Waals surface area contributed by atoms with E-state index in [0.717, 1.165) is 22.9 Å². The smallest absolute Gasteiger partial charge is 0.277 e. The highest BCUT2D eigenvalue weighted by Crippen LogP contribution is 2.23. The fourth-order valence-corrected chi connectivity index (χ4v) is 2.70. The summed E-state index contributed by atoms with van der Waals surface area (Å²) in [5.74, 6) is -0.468. The van der Waals surface area contributed by atoms with E-state index in [9.17, 15) is 9.59 Å². The number of benzene rings is 1. The minimum atomic E-state index is -0.441. The molecule has 0 saturated heterocycles. The summed E-state index contributed by atoms with van der Waals surface area (Å²) >= 11 is 1.08. The fraction of sp³-hybridized carbons (Fsp3) is 0.176. The number of imide groups is 1. The van der Waals surface area contributed by atoms with Gasteiger partial charge in [-0.15, -0.1) is 10.2 Å². The molecular formula is C17H16N4O3S. The van der Waals surface area contributed by atoms with Crippen LogP contribution in [-0.4, -0.2) is 32.3 Å². The molecule has 0 aliphatic carbocycles. The van der Waals surface area contributed by atoms with Gasteiger partial charge in [-0.1, -0.05) is 29.5 Å². The molecule has 0 aliphatic rings. The minimum Gasteiger partial charge on any atom is -0.411 e. The van der Waals surface area contributed by atoms with Crippen molar-refractivity contribution < 1.29 is 14.0 Å². The summed E-state index contributed by atoms with van der Waals surface area (Å²) in [6.07, 6.45) is 1.74. The number of aryl methyl sites for hydroxylation is 2. The maximum atomic E-state index is 12.0. The Morgan fingerprint density at radius 1 is 1.20 bits per heavy atom. The van der Waals surface area contributed by atoms with Crippen molar-refractivity contribution in [3.05, 3.63) is 53.9 Å². The van der Waals surface area contributed by atoms with Crippen LogP contribution >= 0.6 is 11.8 Å². The van der Waals surface area contributed by atoms with E-state index >= 15 is 0 Å². The number of nitrogens with one attached hydrogen (secondary N) is 1. The van der Waals surface area contributed by atoms with Gasteiger partial charge in [0, 0.05) is 18.8 Å². The molecule has 1 N–H and O–H groups in total. The van der Waals surface area contributed by atoms with Crippen LogP contribution in [0.4, 0.5) is 0 Å². The van der Waals surface area contributed by atoms with E-state index in [2.05, 4.69) is 15.5 Å². The van der Waals surface area contributed by atoms with Crippen LogP contribution in [0, 0.1) is 6.92 Å². The summed E-state index contributed by atoms with van der Waals surface area (Å²) in [6.45, 7) is 1.99. The van der Waals surface area contributed by atoms with Gasteiger partial charge in [-0.3, -0.25) is 14.9 Å². The lowest BCUT2D eigenvalue weighted by Gasteiger charge is -2.03. The number of hydrogen-bond donors (Lipinski definition) is 1. The number of amides is 2. The summed E-state index contributed by atoms with van der Waals surface area (Å²) in [4.78, 5) is 23.8. The molecule has 0 atom stereocenters. The summed E-state index contributed by atoms with van der Waals surface area (Å²) in [7, 11) is 1.74. The summed E-state index contributed by atoms with van der Waals surface area (Å²) in [5.41, 5.74) is 2.36. The molecule has 2 aromatic heterocycles. The largest absolute Gasteiger partial charge is 0.411 e. The first-order chi connectivity index (χ1) is 12.0. The molecule has 3 aromatic rings. The molecule has 0 bridgehead atoms. The Labute approximate surface area is 148 Å². The average Bonchev–Trinajstić information content (AvgIpc) is 3.22. The lowest BCUT2D eigenvalue weighted by atomic mass is 10.1. The van der Waals surface area contributed by atoms with Crippen LogP contribution in [-0.2, 0) is 11.8 Å². The zero-order chi connectivity index (χ0) is 17.8. The topological polar surface area (TPSA) is 90.0 Å². The van der Waals surface area contributed by atoms with E-state index in [1.54, 1.807) is 29.9 Å². The molecule has 7 nitrogen and oxygen atoms in total. The second-order valence-electron chi connectivity index (χ2n) is 5.41. The molecule has 2 amide bonds. The van der Waals surface area contributed by atoms with Gasteiger partial charge in [-0.05, 0) is 31.2 Å². The molecule has 25 heavy (non-hydrogen) atoms. The van der Waals surface area contributed by atoms with E-state index in [-0.39, 0.29) is 11.0 Å². The van der Waals surface area contributed by atoms with Crippen molar-refractivity contribution in [2.75, 3.05) is 5.75 Å². The minimum absolute atomic E-state index is 0.00565. The number of carbonyl (C=O) groups excluding carboxylic acids is 2. The Kier molecular flexibility index (Phi) is 4.99. The standard InChI is InChI=1S/C17H16N4O3S/c1-11-5-7-12(8-6-11)16-19-20-17(24-16)25-10-14(22)18-15(23)13-4-3-9-21(13)2/h3-9H,10H2,1-2H3,(H,18,22,23). The third kappa shape index (κ3) is 4.16. The quantitative estimate of drug-likeness (QED) is 0.706. The predicted molar refractivity (Wildman–Crippen MR) is 93.1 cm³/mol. The third-order valence-corrected chi connectivity index (χ3v) is 4.28. The van der Waals surface area contributed by atoms with Gasteiger partial charge in [0.2, 0.25) is 11.8 Å². The van der Waals surface area contributed by atoms with Crippen LogP contribution in [0.2, 0.25) is 0 Å². The van der Waals surface area contributed by atoms with Crippen molar-refractivity contribution in [3.63, 3.8) is 0 Å². The molecular weight excluding hydrogens is 340 g/mol. The first-order valence-corrected chi connectivity index (χ1v) is 8.50. The van der Waals surface area contributed by atoms with Gasteiger partial charge < -0.3 is 8.98 Å². The molecule has 0 radical (unpaired) electrons. The summed E-state index contributed by atoms with van der Waals surface area (Å²) in [6, 6.07) is 11.1. The highest BCUT2D eigenvalue weighted by atomic mass is 32.2. The number of aromatic nitrogens is 3. The van der Waals surface area contributed by atoms with Gasteiger partial charge in [0.1, 0.15) is 5.69 Å². The van der Waals surface area contributed by atoms with E-state index in [1.165, 1.54) is 0 Å². The fourth-order valence-electron chi connectivity index (χ4n) is 2.13. The first kappa shape index (κ1) is 17.0. The monoisotopic (exact) mass is 356 g/mol. The molecule has 0 fully saturated rings. The van der Waals surface area contributed by atoms with Crippen molar-refractivity contribution in [2.24, 2.45) is 7.05 Å². The molecule has 1 aromatic carbocycles. The van der Waals surface area contributed by atoms with E-state index in [0.29, 0.717) is 11.6 Å². The normalized spacial score (nSPS) is 10.6. The van der Waals surface area contributed by atoms with E-state index < -0.39 is 11.8 Å². The van der Waals surface area contributed by atoms with Crippen LogP contribution in [0.25, 0.3) is 11.5 Å². The first-order valence-electron chi connectivity index (χ1n) is 7.52. The molecule has 0 unspecified atom stereocenters. The zero-order valence-electron chi connectivity index (χ0n) is 13.7. The van der Waals surface area contributed by atoms with Crippen molar-refractivity contribution in [2.45, 2.75) is 12.1 Å². The summed E-state index contributed by atoms with van der Waals surface area (Å²) < 4.78 is 7.17.